The van der Waals surface area contributed by atoms with Gasteiger partial charge in [-0.1, -0.05) is 18.6 Å². The molecule has 1 fully saturated rings. The van der Waals surface area contributed by atoms with Crippen molar-refractivity contribution in [2.75, 3.05) is 13.1 Å². The Hall–Kier alpha value is -1.39. The topological polar surface area (TPSA) is 47.1 Å². The van der Waals surface area contributed by atoms with Gasteiger partial charge in [0.1, 0.15) is 5.82 Å². The zero-order chi connectivity index (χ0) is 14.8. The van der Waals surface area contributed by atoms with E-state index in [0.29, 0.717) is 12.6 Å². The maximum Gasteiger partial charge on any atom is 0.124 e. The first-order chi connectivity index (χ1) is 10.2. The number of nitrogens with two attached hydrogens (primary N) is 1. The van der Waals surface area contributed by atoms with Gasteiger partial charge in [-0.15, -0.1) is 0 Å². The predicted molar refractivity (Wildman–Crippen MR) is 87.2 cm³/mol. The van der Waals surface area contributed by atoms with Gasteiger partial charge in [0.15, 0.2) is 0 Å². The van der Waals surface area contributed by atoms with Crippen molar-refractivity contribution >= 4 is 11.0 Å². The first-order valence-corrected chi connectivity index (χ1v) is 8.10. The second-order valence-corrected chi connectivity index (χ2v) is 6.29. The van der Waals surface area contributed by atoms with Crippen LogP contribution in [0.15, 0.2) is 24.3 Å². The lowest BCUT2D eigenvalue weighted by Gasteiger charge is -2.33. The molecule has 114 valence electrons. The van der Waals surface area contributed by atoms with Crippen LogP contribution in [-0.4, -0.2) is 33.6 Å². The molecule has 0 spiro atoms. The van der Waals surface area contributed by atoms with Crippen LogP contribution in [0.5, 0.6) is 0 Å². The molecule has 0 radical (unpaired) electrons. The van der Waals surface area contributed by atoms with Crippen molar-refractivity contribution in [3.05, 3.63) is 30.1 Å². The van der Waals surface area contributed by atoms with Crippen molar-refractivity contribution in [3.8, 4) is 0 Å². The number of hydrogen-bond donors (Lipinski definition) is 1. The van der Waals surface area contributed by atoms with Crippen molar-refractivity contribution < 1.29 is 0 Å². The third-order valence-corrected chi connectivity index (χ3v) is 4.74. The Labute approximate surface area is 126 Å². The van der Waals surface area contributed by atoms with Crippen LogP contribution in [0.25, 0.3) is 11.0 Å². The second-order valence-electron chi connectivity index (χ2n) is 6.29. The lowest BCUT2D eigenvalue weighted by molar-refractivity contribution is 0.146. The normalized spacial score (nSPS) is 21.8. The lowest BCUT2D eigenvalue weighted by atomic mass is 10.0. The fourth-order valence-electron chi connectivity index (χ4n) is 3.38. The van der Waals surface area contributed by atoms with Gasteiger partial charge in [-0.25, -0.2) is 4.98 Å². The van der Waals surface area contributed by atoms with Crippen molar-refractivity contribution in [1.82, 2.24) is 14.5 Å². The van der Waals surface area contributed by atoms with Gasteiger partial charge in [-0.2, -0.15) is 0 Å². The van der Waals surface area contributed by atoms with Crippen LogP contribution in [0.4, 0.5) is 0 Å². The van der Waals surface area contributed by atoms with Gasteiger partial charge < -0.3 is 10.3 Å². The molecular formula is C17H26N4. The SMILES string of the molecule is CC1CCCCN1Cc1nc2ccccc2n1C(C)CN. The maximum absolute atomic E-state index is 5.92. The van der Waals surface area contributed by atoms with Crippen LogP contribution < -0.4 is 5.73 Å². The zero-order valence-corrected chi connectivity index (χ0v) is 13.1. The van der Waals surface area contributed by atoms with Crippen LogP contribution in [0.2, 0.25) is 0 Å². The average molecular weight is 286 g/mol. The number of piperidine rings is 1. The zero-order valence-electron chi connectivity index (χ0n) is 13.1. The summed E-state index contributed by atoms with van der Waals surface area (Å²) in [6.45, 7) is 7.26. The third kappa shape index (κ3) is 2.83. The summed E-state index contributed by atoms with van der Waals surface area (Å²) in [6.07, 6.45) is 3.96. The minimum Gasteiger partial charge on any atom is -0.328 e. The summed E-state index contributed by atoms with van der Waals surface area (Å²) in [5, 5.41) is 0. The van der Waals surface area contributed by atoms with E-state index in [-0.39, 0.29) is 6.04 Å². The number of benzene rings is 1. The minimum atomic E-state index is 0.285. The molecule has 4 heteroatoms. The van der Waals surface area contributed by atoms with Gasteiger partial charge in [0.05, 0.1) is 17.6 Å². The molecule has 2 unspecified atom stereocenters. The quantitative estimate of drug-likeness (QED) is 0.940. The van der Waals surface area contributed by atoms with Gasteiger partial charge in [-0.05, 0) is 45.4 Å². The number of likely N-dealkylation sites (tertiary alicyclic amines) is 1. The number of imidazole rings is 1. The second kappa shape index (κ2) is 6.16. The number of rotatable bonds is 4. The predicted octanol–water partition coefficient (Wildman–Crippen LogP) is 2.93. The Morgan fingerprint density at radius 2 is 2.14 bits per heavy atom. The van der Waals surface area contributed by atoms with E-state index in [9.17, 15) is 0 Å². The van der Waals surface area contributed by atoms with E-state index in [4.69, 9.17) is 10.7 Å². The van der Waals surface area contributed by atoms with Crippen LogP contribution in [0.3, 0.4) is 0 Å². The van der Waals surface area contributed by atoms with Crippen molar-refractivity contribution in [2.45, 2.75) is 51.7 Å². The molecule has 0 amide bonds. The minimum absolute atomic E-state index is 0.285. The van der Waals surface area contributed by atoms with Crippen LogP contribution in [0.1, 0.15) is 45.0 Å². The molecule has 0 saturated carbocycles. The van der Waals surface area contributed by atoms with Gasteiger partial charge in [0.2, 0.25) is 0 Å². The first kappa shape index (κ1) is 14.5. The lowest BCUT2D eigenvalue weighted by Crippen LogP contribution is -2.37. The number of fused-ring (bicyclic) bond motifs is 1. The highest BCUT2D eigenvalue weighted by molar-refractivity contribution is 5.76. The summed E-state index contributed by atoms with van der Waals surface area (Å²) in [5.74, 6) is 1.16. The summed E-state index contributed by atoms with van der Waals surface area (Å²) in [6, 6.07) is 9.32. The van der Waals surface area contributed by atoms with Gasteiger partial charge in [0.25, 0.3) is 0 Å². The molecule has 2 heterocycles. The summed E-state index contributed by atoms with van der Waals surface area (Å²) in [5.41, 5.74) is 8.21. The maximum atomic E-state index is 5.92. The fourth-order valence-corrected chi connectivity index (χ4v) is 3.38. The highest BCUT2D eigenvalue weighted by Crippen LogP contribution is 2.24. The standard InChI is InChI=1S/C17H26N4/c1-13-7-5-6-10-20(13)12-17-19-15-8-3-4-9-16(15)21(17)14(2)11-18/h3-4,8-9,13-14H,5-7,10-12,18H2,1-2H3. The molecule has 1 aromatic carbocycles. The van der Waals surface area contributed by atoms with E-state index >= 15 is 0 Å². The largest absolute Gasteiger partial charge is 0.328 e. The Morgan fingerprint density at radius 1 is 1.33 bits per heavy atom. The van der Waals surface area contributed by atoms with Gasteiger partial charge in [0, 0.05) is 18.6 Å². The summed E-state index contributed by atoms with van der Waals surface area (Å²) < 4.78 is 2.33. The highest BCUT2D eigenvalue weighted by Gasteiger charge is 2.22. The van der Waals surface area contributed by atoms with Gasteiger partial charge in [-0.3, -0.25) is 4.90 Å². The first-order valence-electron chi connectivity index (χ1n) is 8.10. The molecular weight excluding hydrogens is 260 g/mol. The average Bonchev–Trinajstić information content (AvgIpc) is 2.87. The monoisotopic (exact) mass is 286 g/mol. The molecule has 0 bridgehead atoms. The number of para-hydroxylation sites is 2. The third-order valence-electron chi connectivity index (χ3n) is 4.74. The van der Waals surface area contributed by atoms with E-state index in [1.54, 1.807) is 0 Å². The molecule has 3 rings (SSSR count). The van der Waals surface area contributed by atoms with E-state index in [1.165, 1.54) is 31.3 Å². The molecule has 2 aromatic rings. The molecule has 1 aromatic heterocycles. The number of hydrogen-bond acceptors (Lipinski definition) is 3. The number of aromatic nitrogens is 2. The van der Waals surface area contributed by atoms with Crippen molar-refractivity contribution in [3.63, 3.8) is 0 Å². The van der Waals surface area contributed by atoms with E-state index in [1.807, 2.05) is 0 Å². The Morgan fingerprint density at radius 3 is 2.90 bits per heavy atom. The smallest absolute Gasteiger partial charge is 0.124 e. The Bertz CT molecular complexity index is 604. The molecule has 2 atom stereocenters. The van der Waals surface area contributed by atoms with Crippen molar-refractivity contribution in [2.24, 2.45) is 5.73 Å². The Balaban J connectivity index is 1.96. The summed E-state index contributed by atoms with van der Waals surface area (Å²) in [7, 11) is 0. The van der Waals surface area contributed by atoms with Crippen molar-refractivity contribution in [1.29, 1.82) is 0 Å². The van der Waals surface area contributed by atoms with Crippen LogP contribution >= 0.6 is 0 Å². The Kier molecular flexibility index (Phi) is 4.27. The number of nitrogens with zero attached hydrogens (tertiary/aromatic N) is 3. The van der Waals surface area contributed by atoms with Crippen LogP contribution in [0, 0.1) is 0 Å². The van der Waals surface area contributed by atoms with E-state index in [2.05, 4.69) is 47.6 Å². The van der Waals surface area contributed by atoms with Crippen LogP contribution in [-0.2, 0) is 6.54 Å². The van der Waals surface area contributed by atoms with E-state index in [0.717, 1.165) is 17.9 Å². The molecule has 4 nitrogen and oxygen atoms in total. The summed E-state index contributed by atoms with van der Waals surface area (Å²) in [4.78, 5) is 7.44. The summed E-state index contributed by atoms with van der Waals surface area (Å²) >= 11 is 0. The molecule has 2 N–H and O–H groups in total. The van der Waals surface area contributed by atoms with E-state index < -0.39 is 0 Å². The molecule has 0 aliphatic carbocycles. The highest BCUT2D eigenvalue weighted by atomic mass is 15.2. The fraction of sp³-hybridized carbons (Fsp3) is 0.588. The molecule has 1 saturated heterocycles. The molecule has 1 aliphatic heterocycles. The molecule has 21 heavy (non-hydrogen) atoms. The molecule has 1 aliphatic rings. The van der Waals surface area contributed by atoms with Gasteiger partial charge >= 0.3 is 0 Å².